The number of nitrogens with zero attached hydrogens (tertiary/aromatic N) is 2. The summed E-state index contributed by atoms with van der Waals surface area (Å²) in [7, 11) is 0. The number of aromatic nitrogens is 2. The fourth-order valence-corrected chi connectivity index (χ4v) is 1.79. The van der Waals surface area contributed by atoms with Crippen LogP contribution in [0.5, 0.6) is 5.75 Å². The van der Waals surface area contributed by atoms with Crippen LogP contribution in [-0.4, -0.2) is 14.2 Å². The van der Waals surface area contributed by atoms with E-state index in [-0.39, 0.29) is 17.5 Å². The van der Waals surface area contributed by atoms with Crippen molar-refractivity contribution in [1.29, 1.82) is 0 Å². The Morgan fingerprint density at radius 1 is 1.29 bits per heavy atom. The highest BCUT2D eigenvalue weighted by atomic mass is 16.3. The minimum atomic E-state index is -0.0247. The van der Waals surface area contributed by atoms with Gasteiger partial charge in [0, 0.05) is 18.4 Å². The molecule has 17 heavy (non-hydrogen) atoms. The largest absolute Gasteiger partial charge is 0.508 e. The third kappa shape index (κ3) is 2.41. The van der Waals surface area contributed by atoms with Gasteiger partial charge in [0.05, 0.1) is 6.54 Å². The molecule has 1 N–H and O–H groups in total. The molecular weight excluding hydrogens is 216 g/mol. The van der Waals surface area contributed by atoms with E-state index in [2.05, 4.69) is 0 Å². The van der Waals surface area contributed by atoms with Crippen LogP contribution < -0.4 is 5.69 Å². The Hall–Kier alpha value is -1.97. The van der Waals surface area contributed by atoms with Crippen LogP contribution in [0.25, 0.3) is 0 Å². The van der Waals surface area contributed by atoms with Crippen molar-refractivity contribution in [1.82, 2.24) is 9.13 Å². The summed E-state index contributed by atoms with van der Waals surface area (Å²) in [6, 6.07) is 7.10. The Morgan fingerprint density at radius 3 is 2.65 bits per heavy atom. The van der Waals surface area contributed by atoms with Gasteiger partial charge in [-0.05, 0) is 31.5 Å². The van der Waals surface area contributed by atoms with Gasteiger partial charge in [-0.1, -0.05) is 12.1 Å². The van der Waals surface area contributed by atoms with E-state index >= 15 is 0 Å². The second-order valence-corrected chi connectivity index (χ2v) is 4.38. The monoisotopic (exact) mass is 232 g/mol. The lowest BCUT2D eigenvalue weighted by atomic mass is 10.2. The first-order valence-electron chi connectivity index (χ1n) is 5.63. The predicted molar refractivity (Wildman–Crippen MR) is 66.3 cm³/mol. The number of rotatable bonds is 3. The summed E-state index contributed by atoms with van der Waals surface area (Å²) in [5, 5.41) is 9.36. The van der Waals surface area contributed by atoms with Crippen molar-refractivity contribution >= 4 is 0 Å². The van der Waals surface area contributed by atoms with E-state index in [4.69, 9.17) is 0 Å². The van der Waals surface area contributed by atoms with Crippen molar-refractivity contribution < 1.29 is 5.11 Å². The molecule has 1 aromatic heterocycles. The summed E-state index contributed by atoms with van der Waals surface area (Å²) in [6.07, 6.45) is 3.56. The van der Waals surface area contributed by atoms with Gasteiger partial charge in [-0.25, -0.2) is 4.79 Å². The molecule has 0 atom stereocenters. The molecule has 0 unspecified atom stereocenters. The summed E-state index contributed by atoms with van der Waals surface area (Å²) in [4.78, 5) is 12.0. The zero-order valence-electron chi connectivity index (χ0n) is 10.00. The lowest BCUT2D eigenvalue weighted by molar-refractivity contribution is 0.474. The molecule has 0 radical (unpaired) electrons. The number of phenolic OH excluding ortho intramolecular Hbond substituents is 1. The lowest BCUT2D eigenvalue weighted by Gasteiger charge is -2.05. The standard InChI is InChI=1S/C13H16N2O2/c1-10(2)15-7-6-14(13(15)17)9-11-4-3-5-12(16)8-11/h3-8,10,16H,9H2,1-2H3. The Kier molecular flexibility index (Phi) is 3.04. The first kappa shape index (κ1) is 11.5. The van der Waals surface area contributed by atoms with Crippen molar-refractivity contribution in [3.05, 3.63) is 52.7 Å². The molecule has 0 bridgehead atoms. The summed E-state index contributed by atoms with van der Waals surface area (Å²) in [5.41, 5.74) is 0.886. The van der Waals surface area contributed by atoms with Crippen LogP contribution in [0.1, 0.15) is 25.5 Å². The molecule has 4 heteroatoms. The van der Waals surface area contributed by atoms with Crippen molar-refractivity contribution in [2.75, 3.05) is 0 Å². The Labute approximate surface area is 99.8 Å². The van der Waals surface area contributed by atoms with E-state index < -0.39 is 0 Å². The first-order chi connectivity index (χ1) is 8.08. The molecule has 0 aliphatic carbocycles. The highest BCUT2D eigenvalue weighted by Gasteiger charge is 2.06. The van der Waals surface area contributed by atoms with E-state index in [1.165, 1.54) is 0 Å². The van der Waals surface area contributed by atoms with Gasteiger partial charge in [-0.2, -0.15) is 0 Å². The first-order valence-corrected chi connectivity index (χ1v) is 5.63. The molecule has 2 aromatic rings. The molecular formula is C13H16N2O2. The number of hydrogen-bond donors (Lipinski definition) is 1. The topological polar surface area (TPSA) is 47.2 Å². The second kappa shape index (κ2) is 4.49. The molecule has 1 heterocycles. The van der Waals surface area contributed by atoms with Crippen molar-refractivity contribution in [3.8, 4) is 5.75 Å². The van der Waals surface area contributed by atoms with Crippen LogP contribution in [0.4, 0.5) is 0 Å². The van der Waals surface area contributed by atoms with Gasteiger partial charge in [0.2, 0.25) is 0 Å². The minimum absolute atomic E-state index is 0.0247. The van der Waals surface area contributed by atoms with Gasteiger partial charge in [-0.3, -0.25) is 9.13 Å². The average Bonchev–Trinajstić information content (AvgIpc) is 2.61. The Bertz CT molecular complexity index is 567. The third-order valence-electron chi connectivity index (χ3n) is 2.69. The fourth-order valence-electron chi connectivity index (χ4n) is 1.79. The molecule has 0 saturated heterocycles. The minimum Gasteiger partial charge on any atom is -0.508 e. The molecule has 0 spiro atoms. The number of phenols is 1. The van der Waals surface area contributed by atoms with Gasteiger partial charge < -0.3 is 5.11 Å². The molecule has 0 amide bonds. The molecule has 0 fully saturated rings. The van der Waals surface area contributed by atoms with Crippen molar-refractivity contribution in [2.45, 2.75) is 26.4 Å². The Balaban J connectivity index is 2.28. The van der Waals surface area contributed by atoms with Gasteiger partial charge in [0.15, 0.2) is 0 Å². The molecule has 1 aromatic carbocycles. The summed E-state index contributed by atoms with van der Waals surface area (Å²) in [6.45, 7) is 4.42. The Morgan fingerprint density at radius 2 is 2.06 bits per heavy atom. The van der Waals surface area contributed by atoms with Gasteiger partial charge in [0.25, 0.3) is 0 Å². The van der Waals surface area contributed by atoms with E-state index in [1.54, 1.807) is 39.7 Å². The fraction of sp³-hybridized carbons (Fsp3) is 0.308. The van der Waals surface area contributed by atoms with Crippen LogP contribution in [0.2, 0.25) is 0 Å². The smallest absolute Gasteiger partial charge is 0.328 e. The van der Waals surface area contributed by atoms with Gasteiger partial charge >= 0.3 is 5.69 Å². The molecule has 4 nitrogen and oxygen atoms in total. The molecule has 0 aliphatic heterocycles. The van der Waals surface area contributed by atoms with Crippen molar-refractivity contribution in [2.24, 2.45) is 0 Å². The highest BCUT2D eigenvalue weighted by molar-refractivity contribution is 5.27. The number of imidazole rings is 1. The summed E-state index contributed by atoms with van der Waals surface area (Å²) >= 11 is 0. The second-order valence-electron chi connectivity index (χ2n) is 4.38. The average molecular weight is 232 g/mol. The maximum atomic E-state index is 12.0. The van der Waals surface area contributed by atoms with E-state index in [0.717, 1.165) is 5.56 Å². The predicted octanol–water partition coefficient (Wildman–Crippen LogP) is 1.98. The van der Waals surface area contributed by atoms with Crippen LogP contribution >= 0.6 is 0 Å². The zero-order valence-corrected chi connectivity index (χ0v) is 10.00. The molecule has 0 aliphatic rings. The van der Waals surface area contributed by atoms with Gasteiger partial charge in [-0.15, -0.1) is 0 Å². The molecule has 90 valence electrons. The third-order valence-corrected chi connectivity index (χ3v) is 2.69. The number of hydrogen-bond acceptors (Lipinski definition) is 2. The summed E-state index contributed by atoms with van der Waals surface area (Å²) < 4.78 is 3.32. The molecule has 0 saturated carbocycles. The van der Waals surface area contributed by atoms with Crippen LogP contribution in [0.3, 0.4) is 0 Å². The maximum absolute atomic E-state index is 12.0. The zero-order chi connectivity index (χ0) is 12.4. The van der Waals surface area contributed by atoms with E-state index in [0.29, 0.717) is 6.54 Å². The SMILES string of the molecule is CC(C)n1ccn(Cc2cccc(O)c2)c1=O. The maximum Gasteiger partial charge on any atom is 0.328 e. The number of benzene rings is 1. The van der Waals surface area contributed by atoms with Gasteiger partial charge in [0.1, 0.15) is 5.75 Å². The number of aromatic hydroxyl groups is 1. The molecule has 2 rings (SSSR count). The lowest BCUT2D eigenvalue weighted by Crippen LogP contribution is -2.25. The summed E-state index contributed by atoms with van der Waals surface area (Å²) in [5.74, 6) is 0.221. The van der Waals surface area contributed by atoms with Crippen molar-refractivity contribution in [3.63, 3.8) is 0 Å². The van der Waals surface area contributed by atoms with Crippen LogP contribution in [0, 0.1) is 0 Å². The van der Waals surface area contributed by atoms with E-state index in [1.807, 2.05) is 19.9 Å². The van der Waals surface area contributed by atoms with Crippen LogP contribution in [-0.2, 0) is 6.54 Å². The van der Waals surface area contributed by atoms with E-state index in [9.17, 15) is 9.90 Å². The van der Waals surface area contributed by atoms with Crippen LogP contribution in [0.15, 0.2) is 41.5 Å². The quantitative estimate of drug-likeness (QED) is 0.879. The highest BCUT2D eigenvalue weighted by Crippen LogP contribution is 2.11. The normalized spacial score (nSPS) is 11.0.